The molecule has 2 N–H and O–H groups in total. The lowest BCUT2D eigenvalue weighted by Gasteiger charge is -2.11. The molecular weight excluding hydrogens is 261 g/mol. The number of aryl methyl sites for hydroxylation is 2. The summed E-state index contributed by atoms with van der Waals surface area (Å²) in [5.74, 6) is 0.394. The fraction of sp³-hybridized carbons (Fsp3) is 0.636. The van der Waals surface area contributed by atoms with Gasteiger partial charge in [0.15, 0.2) is 0 Å². The molecule has 0 aliphatic heterocycles. The molecule has 0 radical (unpaired) electrons. The number of halogens is 3. The lowest BCUT2D eigenvalue weighted by atomic mass is 10.3. The zero-order chi connectivity index (χ0) is 14.5. The van der Waals surface area contributed by atoms with Crippen molar-refractivity contribution in [2.75, 3.05) is 11.9 Å². The van der Waals surface area contributed by atoms with Gasteiger partial charge >= 0.3 is 12.2 Å². The second kappa shape index (κ2) is 6.44. The number of carbonyl (C=O) groups excluding carboxylic acids is 1. The van der Waals surface area contributed by atoms with Gasteiger partial charge in [0.25, 0.3) is 0 Å². The van der Waals surface area contributed by atoms with Crippen LogP contribution in [0.2, 0.25) is 0 Å². The highest BCUT2D eigenvalue weighted by Crippen LogP contribution is 2.13. The summed E-state index contributed by atoms with van der Waals surface area (Å²) < 4.78 is 37.4. The molecule has 0 bridgehead atoms. The van der Waals surface area contributed by atoms with E-state index in [2.05, 4.69) is 10.4 Å². The van der Waals surface area contributed by atoms with Crippen LogP contribution in [0.15, 0.2) is 6.07 Å². The summed E-state index contributed by atoms with van der Waals surface area (Å²) in [6.07, 6.45) is -2.59. The average molecular weight is 278 g/mol. The van der Waals surface area contributed by atoms with E-state index in [0.717, 1.165) is 12.8 Å². The summed E-state index contributed by atoms with van der Waals surface area (Å²) in [6, 6.07) is 0.720. The van der Waals surface area contributed by atoms with Gasteiger partial charge in [-0.15, -0.1) is 0 Å². The molecule has 0 fully saturated rings. The van der Waals surface area contributed by atoms with Crippen molar-refractivity contribution in [2.24, 2.45) is 0 Å². The van der Waals surface area contributed by atoms with Crippen LogP contribution in [0, 0.1) is 6.92 Å². The maximum atomic E-state index is 11.9. The molecule has 0 saturated heterocycles. The van der Waals surface area contributed by atoms with E-state index < -0.39 is 18.8 Å². The molecule has 19 heavy (non-hydrogen) atoms. The Morgan fingerprint density at radius 2 is 2.16 bits per heavy atom. The monoisotopic (exact) mass is 278 g/mol. The van der Waals surface area contributed by atoms with Crippen LogP contribution in [0.5, 0.6) is 0 Å². The van der Waals surface area contributed by atoms with E-state index in [1.54, 1.807) is 23.0 Å². The van der Waals surface area contributed by atoms with Gasteiger partial charge in [0.2, 0.25) is 0 Å². The van der Waals surface area contributed by atoms with Crippen molar-refractivity contribution in [1.82, 2.24) is 15.1 Å². The molecular formula is C11H17F3N4O. The highest BCUT2D eigenvalue weighted by Gasteiger charge is 2.27. The van der Waals surface area contributed by atoms with E-state index in [1.165, 1.54) is 0 Å². The van der Waals surface area contributed by atoms with Crippen LogP contribution < -0.4 is 10.6 Å². The first-order valence-electron chi connectivity index (χ1n) is 5.98. The first-order chi connectivity index (χ1) is 8.81. The van der Waals surface area contributed by atoms with Crippen molar-refractivity contribution in [2.45, 2.75) is 39.4 Å². The molecule has 0 saturated carbocycles. The fourth-order valence-corrected chi connectivity index (χ4v) is 1.47. The van der Waals surface area contributed by atoms with Crippen LogP contribution in [0.1, 0.15) is 25.5 Å². The van der Waals surface area contributed by atoms with E-state index in [1.807, 2.05) is 6.92 Å². The number of rotatable bonds is 5. The van der Waals surface area contributed by atoms with Crippen molar-refractivity contribution >= 4 is 11.8 Å². The second-order valence-corrected chi connectivity index (χ2v) is 4.17. The molecule has 1 heterocycles. The molecule has 5 nitrogen and oxygen atoms in total. The third kappa shape index (κ3) is 5.62. The minimum absolute atomic E-state index is 0.394. The van der Waals surface area contributed by atoms with E-state index in [0.29, 0.717) is 18.1 Å². The summed E-state index contributed by atoms with van der Waals surface area (Å²) in [7, 11) is 0. The number of amides is 2. The van der Waals surface area contributed by atoms with Crippen LogP contribution in [-0.2, 0) is 6.54 Å². The number of unbranched alkanes of at least 4 members (excludes halogenated alkanes) is 1. The molecule has 1 rings (SSSR count). The first kappa shape index (κ1) is 15.3. The molecule has 0 aliphatic carbocycles. The van der Waals surface area contributed by atoms with Gasteiger partial charge in [-0.3, -0.25) is 5.32 Å². The fourth-order valence-electron chi connectivity index (χ4n) is 1.47. The van der Waals surface area contributed by atoms with Gasteiger partial charge in [-0.2, -0.15) is 18.3 Å². The molecule has 108 valence electrons. The van der Waals surface area contributed by atoms with Crippen molar-refractivity contribution < 1.29 is 18.0 Å². The van der Waals surface area contributed by atoms with E-state index in [-0.39, 0.29) is 0 Å². The number of hydrogen-bond donors (Lipinski definition) is 2. The zero-order valence-electron chi connectivity index (χ0n) is 10.8. The van der Waals surface area contributed by atoms with E-state index in [4.69, 9.17) is 0 Å². The summed E-state index contributed by atoms with van der Waals surface area (Å²) in [5.41, 5.74) is 0.697. The Morgan fingerprint density at radius 1 is 1.47 bits per heavy atom. The topological polar surface area (TPSA) is 59.0 Å². The molecule has 0 spiro atoms. The first-order valence-corrected chi connectivity index (χ1v) is 5.98. The lowest BCUT2D eigenvalue weighted by Crippen LogP contribution is -2.37. The van der Waals surface area contributed by atoms with Gasteiger partial charge in [0.1, 0.15) is 12.4 Å². The van der Waals surface area contributed by atoms with E-state index >= 15 is 0 Å². The Balaban J connectivity index is 2.58. The lowest BCUT2D eigenvalue weighted by molar-refractivity contribution is -0.122. The number of alkyl halides is 3. The third-order valence-electron chi connectivity index (χ3n) is 2.32. The summed E-state index contributed by atoms with van der Waals surface area (Å²) in [5, 5.41) is 8.27. The van der Waals surface area contributed by atoms with Crippen molar-refractivity contribution in [3.63, 3.8) is 0 Å². The van der Waals surface area contributed by atoms with E-state index in [9.17, 15) is 18.0 Å². The Hall–Kier alpha value is -1.73. The molecule has 0 aliphatic rings. The van der Waals surface area contributed by atoms with Gasteiger partial charge in [-0.25, -0.2) is 9.48 Å². The summed E-state index contributed by atoms with van der Waals surface area (Å²) in [6.45, 7) is 3.01. The predicted octanol–water partition coefficient (Wildman–Crippen LogP) is 2.68. The highest BCUT2D eigenvalue weighted by molar-refractivity contribution is 5.88. The molecule has 1 aromatic heterocycles. The van der Waals surface area contributed by atoms with Gasteiger partial charge in [0.05, 0.1) is 5.69 Å². The molecule has 0 aromatic carbocycles. The SMILES string of the molecule is CCCCn1nc(C)cc1NC(=O)NCC(F)(F)F. The average Bonchev–Trinajstić information content (AvgIpc) is 2.63. The Kier molecular flexibility index (Phi) is 5.20. The van der Waals surface area contributed by atoms with Crippen LogP contribution >= 0.6 is 0 Å². The predicted molar refractivity (Wildman–Crippen MR) is 64.9 cm³/mol. The third-order valence-corrected chi connectivity index (χ3v) is 2.32. The normalized spacial score (nSPS) is 11.4. The molecule has 2 amide bonds. The largest absolute Gasteiger partial charge is 0.405 e. The van der Waals surface area contributed by atoms with Crippen LogP contribution in [0.4, 0.5) is 23.8 Å². The minimum atomic E-state index is -4.42. The Morgan fingerprint density at radius 3 is 2.74 bits per heavy atom. The Labute approximate surface area is 109 Å². The standard InChI is InChI=1S/C11H17F3N4O/c1-3-4-5-18-9(6-8(2)17-18)16-10(19)15-7-11(12,13)14/h6H,3-5,7H2,1-2H3,(H2,15,16,19). The van der Waals surface area contributed by atoms with Gasteiger partial charge in [-0.05, 0) is 13.3 Å². The number of hydrogen-bond acceptors (Lipinski definition) is 2. The van der Waals surface area contributed by atoms with Crippen molar-refractivity contribution in [1.29, 1.82) is 0 Å². The van der Waals surface area contributed by atoms with Gasteiger partial charge < -0.3 is 5.32 Å². The molecule has 8 heteroatoms. The smallest absolute Gasteiger partial charge is 0.329 e. The van der Waals surface area contributed by atoms with Crippen LogP contribution in [0.25, 0.3) is 0 Å². The molecule has 0 atom stereocenters. The second-order valence-electron chi connectivity index (χ2n) is 4.17. The quantitative estimate of drug-likeness (QED) is 0.870. The Bertz CT molecular complexity index is 428. The number of anilines is 1. The van der Waals surface area contributed by atoms with Crippen molar-refractivity contribution in [3.8, 4) is 0 Å². The van der Waals surface area contributed by atoms with Gasteiger partial charge in [0, 0.05) is 12.6 Å². The summed E-state index contributed by atoms with van der Waals surface area (Å²) >= 11 is 0. The van der Waals surface area contributed by atoms with Crippen LogP contribution in [0.3, 0.4) is 0 Å². The molecule has 0 unspecified atom stereocenters. The van der Waals surface area contributed by atoms with Crippen LogP contribution in [-0.4, -0.2) is 28.5 Å². The number of carbonyl (C=O) groups is 1. The van der Waals surface area contributed by atoms with Crippen molar-refractivity contribution in [3.05, 3.63) is 11.8 Å². The number of urea groups is 1. The minimum Gasteiger partial charge on any atom is -0.329 e. The highest BCUT2D eigenvalue weighted by atomic mass is 19.4. The number of nitrogens with zero attached hydrogens (tertiary/aromatic N) is 2. The number of aromatic nitrogens is 2. The molecule has 1 aromatic rings. The zero-order valence-corrected chi connectivity index (χ0v) is 10.8. The summed E-state index contributed by atoms with van der Waals surface area (Å²) in [4.78, 5) is 11.3. The van der Waals surface area contributed by atoms with Gasteiger partial charge in [-0.1, -0.05) is 13.3 Å². The maximum absolute atomic E-state index is 11.9. The number of nitrogens with one attached hydrogen (secondary N) is 2. The maximum Gasteiger partial charge on any atom is 0.405 e.